The van der Waals surface area contributed by atoms with E-state index in [9.17, 15) is 14.9 Å². The van der Waals surface area contributed by atoms with Crippen LogP contribution < -0.4 is 0 Å². The molecule has 5 rings (SSSR count). The summed E-state index contributed by atoms with van der Waals surface area (Å²) in [6.07, 6.45) is 7.21. The summed E-state index contributed by atoms with van der Waals surface area (Å²) in [5.74, 6) is 0.661. The van der Waals surface area contributed by atoms with Crippen molar-refractivity contribution < 1.29 is 14.1 Å². The Bertz CT molecular complexity index is 1280. The van der Waals surface area contributed by atoms with Crippen LogP contribution in [0.4, 0.5) is 5.69 Å². The SMILES string of the molecule is N=C1/C(=C/c2ccc(-c3ccc([N+](=O)[O-])cc3Br)o2)C(=O)N=C2SC(C3CCCCC3)=NN12. The van der Waals surface area contributed by atoms with Crippen LogP contribution in [0.25, 0.3) is 17.4 Å². The normalized spacial score (nSPS) is 20.2. The van der Waals surface area contributed by atoms with Gasteiger partial charge in [-0.05, 0) is 64.8 Å². The van der Waals surface area contributed by atoms with Gasteiger partial charge in [0.05, 0.1) is 10.5 Å². The molecule has 2 aliphatic heterocycles. The number of amides is 1. The summed E-state index contributed by atoms with van der Waals surface area (Å²) < 4.78 is 6.36. The number of nitro benzene ring substituents is 1. The number of nitro groups is 1. The van der Waals surface area contributed by atoms with Gasteiger partial charge < -0.3 is 4.42 Å². The second kappa shape index (κ2) is 8.71. The van der Waals surface area contributed by atoms with Gasteiger partial charge in [0, 0.05) is 28.1 Å². The molecule has 3 heterocycles. The smallest absolute Gasteiger partial charge is 0.283 e. The van der Waals surface area contributed by atoms with Crippen LogP contribution in [-0.4, -0.2) is 31.9 Å². The van der Waals surface area contributed by atoms with Crippen molar-refractivity contribution in [3.05, 3.63) is 56.3 Å². The first-order chi connectivity index (χ1) is 15.9. The van der Waals surface area contributed by atoms with E-state index in [2.05, 4.69) is 26.0 Å². The van der Waals surface area contributed by atoms with Gasteiger partial charge in [-0.2, -0.15) is 15.1 Å². The first kappa shape index (κ1) is 21.8. The summed E-state index contributed by atoms with van der Waals surface area (Å²) >= 11 is 4.72. The van der Waals surface area contributed by atoms with Crippen LogP contribution in [0.3, 0.4) is 0 Å². The maximum atomic E-state index is 12.7. The molecular formula is C22H18BrN5O4S. The molecule has 9 nitrogen and oxygen atoms in total. The lowest BCUT2D eigenvalue weighted by atomic mass is 9.90. The van der Waals surface area contributed by atoms with Gasteiger partial charge in [-0.3, -0.25) is 20.3 Å². The Morgan fingerprint density at radius 3 is 2.76 bits per heavy atom. The van der Waals surface area contributed by atoms with Crippen LogP contribution in [0.15, 0.2) is 54.9 Å². The molecule has 1 aliphatic carbocycles. The number of amidine groups is 2. The highest BCUT2D eigenvalue weighted by molar-refractivity contribution is 9.10. The third-order valence-electron chi connectivity index (χ3n) is 5.77. The van der Waals surface area contributed by atoms with E-state index in [1.54, 1.807) is 18.2 Å². The fourth-order valence-electron chi connectivity index (χ4n) is 4.06. The Balaban J connectivity index is 1.40. The van der Waals surface area contributed by atoms with E-state index >= 15 is 0 Å². The average Bonchev–Trinajstić information content (AvgIpc) is 3.44. The Hall–Kier alpha value is -3.05. The van der Waals surface area contributed by atoms with Crippen molar-refractivity contribution in [3.63, 3.8) is 0 Å². The van der Waals surface area contributed by atoms with Gasteiger partial charge in [0.1, 0.15) is 16.6 Å². The molecule has 1 aromatic carbocycles. The van der Waals surface area contributed by atoms with Gasteiger partial charge >= 0.3 is 0 Å². The molecule has 1 aromatic heterocycles. The maximum absolute atomic E-state index is 12.7. The standard InChI is InChI=1S/C22H18BrN5O4S/c23-17-10-13(28(30)31)6-8-15(17)18-9-7-14(32-18)11-16-19(24)27-22(25-20(16)29)33-21(26-27)12-4-2-1-3-5-12/h6-12,24H,1-5H2/b16-11-,24-19?. The summed E-state index contributed by atoms with van der Waals surface area (Å²) in [4.78, 5) is 27.3. The molecule has 0 unspecified atom stereocenters. The number of hydrogen-bond acceptors (Lipinski definition) is 7. The largest absolute Gasteiger partial charge is 0.457 e. The molecule has 0 bridgehead atoms. The van der Waals surface area contributed by atoms with Crippen molar-refractivity contribution >= 4 is 61.4 Å². The number of nitrogens with zero attached hydrogens (tertiary/aromatic N) is 4. The van der Waals surface area contributed by atoms with E-state index in [0.717, 1.165) is 17.9 Å². The highest BCUT2D eigenvalue weighted by Crippen LogP contribution is 2.37. The Kier molecular flexibility index (Phi) is 5.75. The van der Waals surface area contributed by atoms with E-state index in [1.165, 1.54) is 54.2 Å². The molecule has 0 saturated heterocycles. The van der Waals surface area contributed by atoms with Crippen LogP contribution in [0, 0.1) is 21.4 Å². The minimum atomic E-state index is -0.506. The molecular weight excluding hydrogens is 510 g/mol. The highest BCUT2D eigenvalue weighted by atomic mass is 79.9. The number of furan rings is 1. The zero-order chi connectivity index (χ0) is 23.1. The van der Waals surface area contributed by atoms with Crippen LogP contribution in [0.1, 0.15) is 37.9 Å². The molecule has 0 spiro atoms. The van der Waals surface area contributed by atoms with Gasteiger partial charge in [-0.15, -0.1) is 0 Å². The molecule has 3 aliphatic rings. The monoisotopic (exact) mass is 527 g/mol. The molecule has 11 heteroatoms. The second-order valence-electron chi connectivity index (χ2n) is 7.92. The van der Waals surface area contributed by atoms with Crippen molar-refractivity contribution in [2.75, 3.05) is 0 Å². The minimum absolute atomic E-state index is 0.0298. The quantitative estimate of drug-likeness (QED) is 0.303. The lowest BCUT2D eigenvalue weighted by Crippen LogP contribution is -2.35. The van der Waals surface area contributed by atoms with Crippen LogP contribution >= 0.6 is 27.7 Å². The number of carbonyl (C=O) groups is 1. The van der Waals surface area contributed by atoms with Gasteiger partial charge in [0.2, 0.25) is 5.17 Å². The van der Waals surface area contributed by atoms with Crippen molar-refractivity contribution in [2.45, 2.75) is 32.1 Å². The van der Waals surface area contributed by atoms with Crippen LogP contribution in [0.5, 0.6) is 0 Å². The third kappa shape index (κ3) is 4.18. The number of hydrogen-bond donors (Lipinski definition) is 1. The molecule has 0 atom stereocenters. The number of benzene rings is 1. The van der Waals surface area contributed by atoms with E-state index < -0.39 is 10.8 Å². The van der Waals surface area contributed by atoms with E-state index in [-0.39, 0.29) is 17.1 Å². The highest BCUT2D eigenvalue weighted by Gasteiger charge is 2.38. The predicted octanol–water partition coefficient (Wildman–Crippen LogP) is 5.82. The molecule has 1 fully saturated rings. The number of carbonyl (C=O) groups excluding carboxylic acids is 1. The zero-order valence-electron chi connectivity index (χ0n) is 17.3. The van der Waals surface area contributed by atoms with Crippen LogP contribution in [-0.2, 0) is 4.79 Å². The first-order valence-electron chi connectivity index (χ1n) is 10.4. The second-order valence-corrected chi connectivity index (χ2v) is 9.76. The number of nitrogens with one attached hydrogen (secondary N) is 1. The number of fused-ring (bicyclic) bond motifs is 1. The summed E-state index contributed by atoms with van der Waals surface area (Å²) in [5, 5.41) is 26.9. The van der Waals surface area contributed by atoms with E-state index in [4.69, 9.17) is 9.83 Å². The van der Waals surface area contributed by atoms with E-state index in [0.29, 0.717) is 32.6 Å². The van der Waals surface area contributed by atoms with Gasteiger partial charge in [-0.1, -0.05) is 19.3 Å². The minimum Gasteiger partial charge on any atom is -0.457 e. The molecule has 1 amide bonds. The number of thioether (sulfide) groups is 1. The number of rotatable bonds is 4. The number of non-ortho nitro benzene ring substituents is 1. The third-order valence-corrected chi connectivity index (χ3v) is 7.49. The van der Waals surface area contributed by atoms with Crippen LogP contribution in [0.2, 0.25) is 0 Å². The predicted molar refractivity (Wildman–Crippen MR) is 130 cm³/mol. The fourth-order valence-corrected chi connectivity index (χ4v) is 5.68. The molecule has 168 valence electrons. The van der Waals surface area contributed by atoms with Crippen molar-refractivity contribution in [3.8, 4) is 11.3 Å². The number of aliphatic imine (C=N–C) groups is 1. The van der Waals surface area contributed by atoms with Gasteiger partial charge in [-0.25, -0.2) is 0 Å². The molecule has 1 saturated carbocycles. The fraction of sp³-hybridized carbons (Fsp3) is 0.273. The molecule has 0 radical (unpaired) electrons. The Labute approximate surface area is 201 Å². The maximum Gasteiger partial charge on any atom is 0.283 e. The Morgan fingerprint density at radius 2 is 2.03 bits per heavy atom. The van der Waals surface area contributed by atoms with Crippen molar-refractivity contribution in [1.29, 1.82) is 5.41 Å². The summed E-state index contributed by atoms with van der Waals surface area (Å²) in [5.41, 5.74) is 0.691. The number of halogens is 1. The Morgan fingerprint density at radius 1 is 1.24 bits per heavy atom. The van der Waals surface area contributed by atoms with Gasteiger partial charge in [0.25, 0.3) is 11.6 Å². The van der Waals surface area contributed by atoms with Gasteiger partial charge in [0.15, 0.2) is 5.84 Å². The topological polar surface area (TPSA) is 125 Å². The summed E-state index contributed by atoms with van der Waals surface area (Å²) in [6, 6.07) is 7.76. The summed E-state index contributed by atoms with van der Waals surface area (Å²) in [7, 11) is 0. The lowest BCUT2D eigenvalue weighted by Gasteiger charge is -2.20. The average molecular weight is 528 g/mol. The molecule has 2 aromatic rings. The molecule has 33 heavy (non-hydrogen) atoms. The zero-order valence-corrected chi connectivity index (χ0v) is 19.7. The summed E-state index contributed by atoms with van der Waals surface area (Å²) in [6.45, 7) is 0. The van der Waals surface area contributed by atoms with E-state index in [1.807, 2.05) is 0 Å². The number of hydrazone groups is 1. The first-order valence-corrected chi connectivity index (χ1v) is 12.1. The van der Waals surface area contributed by atoms with Crippen molar-refractivity contribution in [2.24, 2.45) is 16.0 Å². The lowest BCUT2D eigenvalue weighted by molar-refractivity contribution is -0.384. The molecule has 1 N–H and O–H groups in total. The van der Waals surface area contributed by atoms with Crippen molar-refractivity contribution in [1.82, 2.24) is 5.01 Å².